The molecule has 0 bridgehead atoms. The van der Waals surface area contributed by atoms with Gasteiger partial charge in [0.1, 0.15) is 5.82 Å². The topological polar surface area (TPSA) is 99.6 Å². The number of aliphatic carboxylic acids is 1. The molecule has 0 aliphatic carbocycles. The van der Waals surface area contributed by atoms with Crippen LogP contribution in [0.15, 0.2) is 18.3 Å². The van der Waals surface area contributed by atoms with Crippen molar-refractivity contribution >= 4 is 29.7 Å². The van der Waals surface area contributed by atoms with Crippen LogP contribution in [0.5, 0.6) is 0 Å². The molecule has 2 aliphatic rings. The quantitative estimate of drug-likeness (QED) is 0.797. The SMILES string of the molecule is CN1CCC2(CCC1=O)Cc1cc(C=CC(=O)O)cnc1NC2=O. The summed E-state index contributed by atoms with van der Waals surface area (Å²) >= 11 is 0. The van der Waals surface area contributed by atoms with E-state index in [-0.39, 0.29) is 11.8 Å². The van der Waals surface area contributed by atoms with Gasteiger partial charge in [-0.1, -0.05) is 0 Å². The molecule has 1 atom stereocenters. The van der Waals surface area contributed by atoms with E-state index < -0.39 is 11.4 Å². The highest BCUT2D eigenvalue weighted by Crippen LogP contribution is 2.41. The molecule has 1 spiro atoms. The Bertz CT molecular complexity index is 743. The maximum absolute atomic E-state index is 12.6. The molecule has 7 heteroatoms. The number of aromatic nitrogens is 1. The zero-order valence-corrected chi connectivity index (χ0v) is 13.4. The van der Waals surface area contributed by atoms with Crippen molar-refractivity contribution in [2.24, 2.45) is 5.41 Å². The van der Waals surface area contributed by atoms with Crippen LogP contribution in [-0.2, 0) is 20.8 Å². The minimum Gasteiger partial charge on any atom is -0.478 e. The number of nitrogens with one attached hydrogen (secondary N) is 1. The normalized spacial score (nSPS) is 24.0. The van der Waals surface area contributed by atoms with Gasteiger partial charge >= 0.3 is 5.97 Å². The Morgan fingerprint density at radius 1 is 1.42 bits per heavy atom. The lowest BCUT2D eigenvalue weighted by atomic mass is 9.73. The van der Waals surface area contributed by atoms with Crippen LogP contribution in [0.2, 0.25) is 0 Å². The highest BCUT2D eigenvalue weighted by atomic mass is 16.4. The minimum atomic E-state index is -1.03. The van der Waals surface area contributed by atoms with Gasteiger partial charge in [-0.3, -0.25) is 9.59 Å². The van der Waals surface area contributed by atoms with Crippen LogP contribution in [0.25, 0.3) is 6.08 Å². The third-order valence-corrected chi connectivity index (χ3v) is 4.82. The van der Waals surface area contributed by atoms with Crippen molar-refractivity contribution in [1.29, 1.82) is 0 Å². The molecule has 1 unspecified atom stereocenters. The lowest BCUT2D eigenvalue weighted by Crippen LogP contribution is -2.42. The Hall–Kier alpha value is -2.70. The Kier molecular flexibility index (Phi) is 4.09. The predicted octanol–water partition coefficient (Wildman–Crippen LogP) is 1.30. The molecule has 126 valence electrons. The maximum atomic E-state index is 12.6. The number of hydrogen-bond donors (Lipinski definition) is 2. The summed E-state index contributed by atoms with van der Waals surface area (Å²) in [5.41, 5.74) is 0.938. The summed E-state index contributed by atoms with van der Waals surface area (Å²) in [7, 11) is 1.76. The third-order valence-electron chi connectivity index (χ3n) is 4.82. The second kappa shape index (κ2) is 6.07. The van der Waals surface area contributed by atoms with E-state index in [1.165, 1.54) is 12.3 Å². The molecule has 24 heavy (non-hydrogen) atoms. The number of carbonyl (C=O) groups is 3. The molecular formula is C17H19N3O4. The van der Waals surface area contributed by atoms with Gasteiger partial charge in [0.25, 0.3) is 0 Å². The van der Waals surface area contributed by atoms with Crippen LogP contribution in [0.3, 0.4) is 0 Å². The van der Waals surface area contributed by atoms with E-state index in [0.717, 1.165) is 11.6 Å². The maximum Gasteiger partial charge on any atom is 0.328 e. The molecule has 1 saturated heterocycles. The van der Waals surface area contributed by atoms with Crippen LogP contribution >= 0.6 is 0 Å². The number of likely N-dealkylation sites (tertiary alicyclic amines) is 1. The highest BCUT2D eigenvalue weighted by molar-refractivity contribution is 5.98. The largest absolute Gasteiger partial charge is 0.478 e. The molecule has 3 rings (SSSR count). The fraction of sp³-hybridized carbons (Fsp3) is 0.412. The number of rotatable bonds is 2. The number of amides is 2. The van der Waals surface area contributed by atoms with Gasteiger partial charge in [-0.15, -0.1) is 0 Å². The zero-order chi connectivity index (χ0) is 17.3. The van der Waals surface area contributed by atoms with E-state index in [2.05, 4.69) is 10.3 Å². The minimum absolute atomic E-state index is 0.0572. The molecule has 1 fully saturated rings. The first-order chi connectivity index (χ1) is 11.4. The van der Waals surface area contributed by atoms with Crippen LogP contribution < -0.4 is 5.32 Å². The van der Waals surface area contributed by atoms with Crippen molar-refractivity contribution in [2.75, 3.05) is 18.9 Å². The summed E-state index contributed by atoms with van der Waals surface area (Å²) in [6.45, 7) is 0.549. The van der Waals surface area contributed by atoms with Gasteiger partial charge < -0.3 is 15.3 Å². The summed E-state index contributed by atoms with van der Waals surface area (Å²) < 4.78 is 0. The summed E-state index contributed by atoms with van der Waals surface area (Å²) in [4.78, 5) is 41.1. The van der Waals surface area contributed by atoms with E-state index in [1.54, 1.807) is 11.9 Å². The molecule has 0 saturated carbocycles. The van der Waals surface area contributed by atoms with E-state index in [9.17, 15) is 14.4 Å². The van der Waals surface area contributed by atoms with Crippen LogP contribution in [-0.4, -0.2) is 46.4 Å². The molecular weight excluding hydrogens is 310 g/mol. The van der Waals surface area contributed by atoms with Gasteiger partial charge in [-0.2, -0.15) is 0 Å². The molecule has 0 radical (unpaired) electrons. The van der Waals surface area contributed by atoms with Gasteiger partial charge in [0.15, 0.2) is 0 Å². The van der Waals surface area contributed by atoms with Gasteiger partial charge in [0, 0.05) is 32.3 Å². The van der Waals surface area contributed by atoms with E-state index in [1.807, 2.05) is 6.07 Å². The fourth-order valence-electron chi connectivity index (χ4n) is 3.29. The zero-order valence-electron chi connectivity index (χ0n) is 13.4. The lowest BCUT2D eigenvalue weighted by molar-refractivity contribution is -0.131. The number of hydrogen-bond acceptors (Lipinski definition) is 4. The van der Waals surface area contributed by atoms with Crippen LogP contribution in [0.1, 0.15) is 30.4 Å². The van der Waals surface area contributed by atoms with Crippen LogP contribution in [0.4, 0.5) is 5.82 Å². The summed E-state index contributed by atoms with van der Waals surface area (Å²) in [6.07, 6.45) is 6.04. The van der Waals surface area contributed by atoms with Crippen LogP contribution in [0, 0.1) is 5.41 Å². The second-order valence-corrected chi connectivity index (χ2v) is 6.42. The van der Waals surface area contributed by atoms with E-state index in [4.69, 9.17) is 5.11 Å². The van der Waals surface area contributed by atoms with Gasteiger partial charge in [0.2, 0.25) is 11.8 Å². The highest BCUT2D eigenvalue weighted by Gasteiger charge is 2.44. The number of carboxylic acid groups (broad SMARTS) is 1. The number of nitrogens with zero attached hydrogens (tertiary/aromatic N) is 2. The molecule has 2 aliphatic heterocycles. The van der Waals surface area contributed by atoms with E-state index in [0.29, 0.717) is 43.6 Å². The van der Waals surface area contributed by atoms with E-state index >= 15 is 0 Å². The first kappa shape index (κ1) is 16.2. The van der Waals surface area contributed by atoms with Gasteiger partial charge in [-0.05, 0) is 42.5 Å². The Morgan fingerprint density at radius 3 is 2.96 bits per heavy atom. The second-order valence-electron chi connectivity index (χ2n) is 6.42. The number of carbonyl (C=O) groups excluding carboxylic acids is 2. The Labute approximate surface area is 139 Å². The number of fused-ring (bicyclic) bond motifs is 1. The summed E-state index contributed by atoms with van der Waals surface area (Å²) in [5.74, 6) is -0.536. The molecule has 7 nitrogen and oxygen atoms in total. The Morgan fingerprint density at radius 2 is 2.21 bits per heavy atom. The molecule has 3 heterocycles. The molecule has 0 aromatic carbocycles. The molecule has 2 N–H and O–H groups in total. The van der Waals surface area contributed by atoms with Crippen molar-refractivity contribution in [2.45, 2.75) is 25.7 Å². The molecule has 1 aromatic rings. The summed E-state index contributed by atoms with van der Waals surface area (Å²) in [6, 6.07) is 1.85. The Balaban J connectivity index is 1.90. The third kappa shape index (κ3) is 3.02. The number of pyridine rings is 1. The first-order valence-corrected chi connectivity index (χ1v) is 7.85. The predicted molar refractivity (Wildman–Crippen MR) is 87.2 cm³/mol. The number of carboxylic acids is 1. The smallest absolute Gasteiger partial charge is 0.328 e. The van der Waals surface area contributed by atoms with Gasteiger partial charge in [0.05, 0.1) is 5.41 Å². The number of anilines is 1. The van der Waals surface area contributed by atoms with Crippen molar-refractivity contribution in [1.82, 2.24) is 9.88 Å². The van der Waals surface area contributed by atoms with Crippen molar-refractivity contribution in [3.63, 3.8) is 0 Å². The summed E-state index contributed by atoms with van der Waals surface area (Å²) in [5, 5.41) is 11.6. The fourth-order valence-corrected chi connectivity index (χ4v) is 3.29. The molecule has 2 amide bonds. The standard InChI is InChI=1S/C17H19N3O4/c1-20-7-6-17(5-4-13(20)21)9-12-8-11(2-3-14(22)23)10-18-15(12)19-16(17)24/h2-3,8,10H,4-7,9H2,1H3,(H,22,23)(H,18,19,24). The average molecular weight is 329 g/mol. The first-order valence-electron chi connectivity index (χ1n) is 7.85. The lowest BCUT2D eigenvalue weighted by Gasteiger charge is -2.35. The van der Waals surface area contributed by atoms with Crippen molar-refractivity contribution in [3.8, 4) is 0 Å². The van der Waals surface area contributed by atoms with Crippen molar-refractivity contribution in [3.05, 3.63) is 29.5 Å². The molecule has 1 aromatic heterocycles. The van der Waals surface area contributed by atoms with Gasteiger partial charge in [-0.25, -0.2) is 9.78 Å². The monoisotopic (exact) mass is 329 g/mol. The van der Waals surface area contributed by atoms with Crippen molar-refractivity contribution < 1.29 is 19.5 Å². The average Bonchev–Trinajstić information content (AvgIpc) is 2.69.